The number of likely N-dealkylation sites (N-methyl/N-ethyl adjacent to an activating group) is 1. The molecule has 6 N–H and O–H groups in total. The van der Waals surface area contributed by atoms with Crippen LogP contribution >= 0.6 is 0 Å². The van der Waals surface area contributed by atoms with Gasteiger partial charge in [0.15, 0.2) is 0 Å². The quantitative estimate of drug-likeness (QED) is 0.211. The fourth-order valence-corrected chi connectivity index (χ4v) is 0.871. The second-order valence-electron chi connectivity index (χ2n) is 2.65. The fraction of sp³-hybridized carbons (Fsp3) is 0.857. The van der Waals surface area contributed by atoms with Crippen LogP contribution in [0.4, 0.5) is 0 Å². The van der Waals surface area contributed by atoms with Crippen LogP contribution in [0.1, 0.15) is 12.8 Å². The van der Waals surface area contributed by atoms with Gasteiger partial charge in [-0.2, -0.15) is 0 Å². The van der Waals surface area contributed by atoms with Gasteiger partial charge in [-0.1, -0.05) is 0 Å². The summed E-state index contributed by atoms with van der Waals surface area (Å²) in [5.74, 6) is 0. The van der Waals surface area contributed by atoms with Crippen molar-refractivity contribution >= 4 is 6.29 Å². The Hall–Kier alpha value is -0.490. The van der Waals surface area contributed by atoms with E-state index in [1.165, 1.54) is 0 Å². The van der Waals surface area contributed by atoms with E-state index in [1.807, 2.05) is 0 Å². The highest BCUT2D eigenvalue weighted by atomic mass is 16.1. The Labute approximate surface area is 72.9 Å². The Morgan fingerprint density at radius 2 is 2.17 bits per heavy atom. The largest absolute Gasteiger partial charge is 0.311 e. The van der Waals surface area contributed by atoms with Crippen LogP contribution in [-0.4, -0.2) is 32.2 Å². The predicted octanol–water partition coefficient (Wildman–Crippen LogP) is -1.66. The molecule has 0 radical (unpaired) electrons. The maximum atomic E-state index is 10.3. The third-order valence-corrected chi connectivity index (χ3v) is 1.61. The molecule has 0 spiro atoms. The second kappa shape index (κ2) is 7.17. The Bertz CT molecular complexity index is 118. The summed E-state index contributed by atoms with van der Waals surface area (Å²) in [6.07, 6.45) is 2.13. The fourth-order valence-electron chi connectivity index (χ4n) is 0.871. The number of nitrogens with one attached hydrogen (secondary N) is 2. The third-order valence-electron chi connectivity index (χ3n) is 1.61. The van der Waals surface area contributed by atoms with Crippen molar-refractivity contribution in [1.29, 1.82) is 0 Å². The lowest BCUT2D eigenvalue weighted by Gasteiger charge is -2.10. The average molecular weight is 174 g/mol. The van der Waals surface area contributed by atoms with E-state index in [-0.39, 0.29) is 6.04 Å². The molecule has 0 saturated carbocycles. The van der Waals surface area contributed by atoms with Crippen molar-refractivity contribution in [2.45, 2.75) is 25.2 Å². The Morgan fingerprint density at radius 3 is 2.58 bits per heavy atom. The van der Waals surface area contributed by atoms with E-state index in [9.17, 15) is 4.79 Å². The monoisotopic (exact) mass is 174 g/mol. The van der Waals surface area contributed by atoms with E-state index in [0.717, 1.165) is 25.7 Å². The van der Waals surface area contributed by atoms with Crippen LogP contribution < -0.4 is 22.1 Å². The lowest BCUT2D eigenvalue weighted by Crippen LogP contribution is -2.45. The van der Waals surface area contributed by atoms with Crippen molar-refractivity contribution < 1.29 is 4.79 Å². The van der Waals surface area contributed by atoms with E-state index < -0.39 is 6.29 Å². The van der Waals surface area contributed by atoms with Gasteiger partial charge in [0.1, 0.15) is 12.6 Å². The number of carbonyl (C=O) groups is 1. The van der Waals surface area contributed by atoms with Crippen molar-refractivity contribution in [3.05, 3.63) is 0 Å². The van der Waals surface area contributed by atoms with Gasteiger partial charge in [0, 0.05) is 0 Å². The molecule has 0 unspecified atom stereocenters. The molecule has 5 heteroatoms. The number of rotatable bonds is 7. The van der Waals surface area contributed by atoms with E-state index in [0.29, 0.717) is 0 Å². The van der Waals surface area contributed by atoms with Crippen molar-refractivity contribution in [1.82, 2.24) is 10.6 Å². The molecule has 0 heterocycles. The van der Waals surface area contributed by atoms with Gasteiger partial charge < -0.3 is 21.6 Å². The molecule has 0 saturated heterocycles. The van der Waals surface area contributed by atoms with Gasteiger partial charge in [-0.15, -0.1) is 0 Å². The van der Waals surface area contributed by atoms with E-state index >= 15 is 0 Å². The SMILES string of the molecule is CN[C@H](C=O)CCCNC(N)N. The van der Waals surface area contributed by atoms with Crippen molar-refractivity contribution in [3.63, 3.8) is 0 Å². The number of aldehydes is 1. The van der Waals surface area contributed by atoms with E-state index in [2.05, 4.69) is 10.6 Å². The van der Waals surface area contributed by atoms with Gasteiger partial charge in [0.2, 0.25) is 0 Å². The molecule has 1 atom stereocenters. The first-order valence-electron chi connectivity index (χ1n) is 4.07. The smallest absolute Gasteiger partial charge is 0.136 e. The molecule has 72 valence electrons. The molecule has 0 amide bonds. The van der Waals surface area contributed by atoms with Crippen LogP contribution in [0, 0.1) is 0 Å². The predicted molar refractivity (Wildman–Crippen MR) is 48.3 cm³/mol. The highest BCUT2D eigenvalue weighted by Gasteiger charge is 2.02. The van der Waals surface area contributed by atoms with Gasteiger partial charge in [-0.25, -0.2) is 0 Å². The van der Waals surface area contributed by atoms with Gasteiger partial charge >= 0.3 is 0 Å². The van der Waals surface area contributed by atoms with Crippen molar-refractivity contribution in [2.24, 2.45) is 11.5 Å². The molecule has 0 aliphatic heterocycles. The molecule has 0 aliphatic rings. The molecule has 0 aromatic carbocycles. The van der Waals surface area contributed by atoms with Gasteiger partial charge in [0.05, 0.1) is 6.04 Å². The summed E-state index contributed by atoms with van der Waals surface area (Å²) in [5.41, 5.74) is 10.5. The van der Waals surface area contributed by atoms with Crippen LogP contribution in [0.15, 0.2) is 0 Å². The highest BCUT2D eigenvalue weighted by Crippen LogP contribution is 1.91. The Balaban J connectivity index is 3.23. The summed E-state index contributed by atoms with van der Waals surface area (Å²) >= 11 is 0. The molecule has 0 fully saturated rings. The van der Waals surface area contributed by atoms with Crippen LogP contribution in [0.3, 0.4) is 0 Å². The topological polar surface area (TPSA) is 93.2 Å². The van der Waals surface area contributed by atoms with Gasteiger partial charge in [0.25, 0.3) is 0 Å². The molecule has 0 aliphatic carbocycles. The normalized spacial score (nSPS) is 13.3. The maximum Gasteiger partial charge on any atom is 0.136 e. The Kier molecular flexibility index (Phi) is 6.88. The second-order valence-corrected chi connectivity index (χ2v) is 2.65. The molecule has 5 nitrogen and oxygen atoms in total. The first-order valence-corrected chi connectivity index (χ1v) is 4.07. The number of carbonyl (C=O) groups excluding carboxylic acids is 1. The van der Waals surface area contributed by atoms with E-state index in [4.69, 9.17) is 11.5 Å². The third kappa shape index (κ3) is 6.23. The Morgan fingerprint density at radius 1 is 1.50 bits per heavy atom. The zero-order chi connectivity index (χ0) is 9.40. The standard InChI is InChI=1S/C7H18N4O/c1-10-6(5-12)3-2-4-11-7(8)9/h5-7,10-11H,2-4,8-9H2,1H3/t6-/m0/s1. The molecule has 0 bridgehead atoms. The molecule has 0 aromatic heterocycles. The van der Waals surface area contributed by atoms with Crippen LogP contribution in [0.5, 0.6) is 0 Å². The van der Waals surface area contributed by atoms with Crippen LogP contribution in [-0.2, 0) is 4.79 Å². The van der Waals surface area contributed by atoms with Crippen molar-refractivity contribution in [2.75, 3.05) is 13.6 Å². The number of hydrogen-bond acceptors (Lipinski definition) is 5. The van der Waals surface area contributed by atoms with E-state index in [1.54, 1.807) is 7.05 Å². The summed E-state index contributed by atoms with van der Waals surface area (Å²) in [5, 5.41) is 5.74. The summed E-state index contributed by atoms with van der Waals surface area (Å²) in [4.78, 5) is 10.3. The van der Waals surface area contributed by atoms with Crippen molar-refractivity contribution in [3.8, 4) is 0 Å². The number of hydrogen-bond donors (Lipinski definition) is 4. The lowest BCUT2D eigenvalue weighted by molar-refractivity contribution is -0.109. The zero-order valence-electron chi connectivity index (χ0n) is 7.42. The molecule has 0 aromatic rings. The minimum atomic E-state index is -0.464. The number of nitrogens with two attached hydrogens (primary N) is 2. The molecule has 12 heavy (non-hydrogen) atoms. The minimum absolute atomic E-state index is 0.0548. The van der Waals surface area contributed by atoms with Gasteiger partial charge in [-0.3, -0.25) is 5.32 Å². The molecular weight excluding hydrogens is 156 g/mol. The lowest BCUT2D eigenvalue weighted by atomic mass is 10.2. The minimum Gasteiger partial charge on any atom is -0.311 e. The van der Waals surface area contributed by atoms with Crippen LogP contribution in [0.25, 0.3) is 0 Å². The summed E-state index contributed by atoms with van der Waals surface area (Å²) < 4.78 is 0. The average Bonchev–Trinajstić information content (AvgIpc) is 2.04. The maximum absolute atomic E-state index is 10.3. The zero-order valence-corrected chi connectivity index (χ0v) is 7.42. The molecular formula is C7H18N4O. The summed E-state index contributed by atoms with van der Waals surface area (Å²) in [6.45, 7) is 0.740. The molecule has 0 rings (SSSR count). The summed E-state index contributed by atoms with van der Waals surface area (Å²) in [6, 6.07) is -0.0548. The first kappa shape index (κ1) is 11.5. The summed E-state index contributed by atoms with van der Waals surface area (Å²) in [7, 11) is 1.77. The van der Waals surface area contributed by atoms with Gasteiger partial charge in [-0.05, 0) is 26.4 Å². The highest BCUT2D eigenvalue weighted by molar-refractivity contribution is 5.57. The van der Waals surface area contributed by atoms with Crippen LogP contribution in [0.2, 0.25) is 0 Å². The first-order chi connectivity index (χ1) is 5.70.